The third-order valence-electron chi connectivity index (χ3n) is 10.3. The molecule has 1 spiro atoms. The average Bonchev–Trinajstić information content (AvgIpc) is 3.42. The standard InChI is InChI=1S/C31H48N6O4/c1-4-28(38)37-15-14-36(19-22(37)18-32)29-23-11-12-31(17-27(39-3)24-9-5-6-10-26(24)41-31)16-25(23)33-30(34-29)40-20-21-8-7-13-35(21)2/h4-6,9-10,21-23,25,27,29-30,33-34H,1,7-8,11-20,32H2,2-3H3/t21?,22?,23?,25?,27?,29?,30?,31-/m0/s1. The molecule has 8 atom stereocenters. The molecule has 7 unspecified atom stereocenters. The monoisotopic (exact) mass is 568 g/mol. The van der Waals surface area contributed by atoms with Crippen LogP contribution in [0.2, 0.25) is 0 Å². The fraction of sp³-hybridized carbons (Fsp3) is 0.710. The third-order valence-corrected chi connectivity index (χ3v) is 10.3. The Morgan fingerprint density at radius 3 is 2.80 bits per heavy atom. The van der Waals surface area contributed by atoms with E-state index in [4.69, 9.17) is 19.9 Å². The maximum absolute atomic E-state index is 12.5. The lowest BCUT2D eigenvalue weighted by atomic mass is 9.69. The molecule has 6 rings (SSSR count). The predicted molar refractivity (Wildman–Crippen MR) is 157 cm³/mol. The van der Waals surface area contributed by atoms with E-state index < -0.39 is 0 Å². The molecule has 1 saturated carbocycles. The van der Waals surface area contributed by atoms with Gasteiger partial charge in [0.25, 0.3) is 0 Å². The first kappa shape index (κ1) is 29.0. The fourth-order valence-electron chi connectivity index (χ4n) is 8.03. The molecule has 1 aliphatic carbocycles. The number of nitrogens with one attached hydrogen (secondary N) is 2. The number of ether oxygens (including phenoxy) is 3. The van der Waals surface area contributed by atoms with Gasteiger partial charge < -0.3 is 29.7 Å². The van der Waals surface area contributed by atoms with Gasteiger partial charge >= 0.3 is 0 Å². The number of rotatable bonds is 7. The number of fused-ring (bicyclic) bond motifs is 2. The summed E-state index contributed by atoms with van der Waals surface area (Å²) >= 11 is 0. The van der Waals surface area contributed by atoms with Crippen LogP contribution >= 0.6 is 0 Å². The van der Waals surface area contributed by atoms with Crippen LogP contribution in [0.3, 0.4) is 0 Å². The SMILES string of the molecule is C=CC(=O)N1CCN(C2NC(OCC3CCCN3C)NC3C[C@@]4(CCC32)CC(OC)c2ccccc2O4)CC1CN. The van der Waals surface area contributed by atoms with Crippen LogP contribution in [0.25, 0.3) is 0 Å². The van der Waals surface area contributed by atoms with Crippen molar-refractivity contribution in [2.45, 2.75) is 80.9 Å². The molecule has 0 radical (unpaired) electrons. The number of carbonyl (C=O) groups excluding carboxylic acids is 1. The molecule has 0 aromatic heterocycles. The number of likely N-dealkylation sites (N-methyl/N-ethyl adjacent to an activating group) is 1. The lowest BCUT2D eigenvalue weighted by Crippen LogP contribution is -2.73. The molecule has 3 saturated heterocycles. The Bertz CT molecular complexity index is 1090. The zero-order chi connectivity index (χ0) is 28.6. The maximum atomic E-state index is 12.5. The van der Waals surface area contributed by atoms with Gasteiger partial charge in [0.1, 0.15) is 11.4 Å². The molecule has 1 aromatic rings. The van der Waals surface area contributed by atoms with Gasteiger partial charge in [0.2, 0.25) is 5.91 Å². The normalized spacial score (nSPS) is 37.8. The van der Waals surface area contributed by atoms with Crippen molar-refractivity contribution in [3.8, 4) is 5.75 Å². The number of para-hydroxylation sites is 1. The first-order chi connectivity index (χ1) is 19.9. The number of benzene rings is 1. The third kappa shape index (κ3) is 5.80. The second kappa shape index (κ2) is 12.3. The van der Waals surface area contributed by atoms with Crippen molar-refractivity contribution in [3.63, 3.8) is 0 Å². The molecule has 41 heavy (non-hydrogen) atoms. The number of carbonyl (C=O) groups is 1. The first-order valence-corrected chi connectivity index (χ1v) is 15.5. The molecule has 4 aliphatic heterocycles. The van der Waals surface area contributed by atoms with E-state index in [1.54, 1.807) is 7.11 Å². The smallest absolute Gasteiger partial charge is 0.246 e. The van der Waals surface area contributed by atoms with Gasteiger partial charge in [0.15, 0.2) is 6.35 Å². The molecule has 4 heterocycles. The zero-order valence-electron chi connectivity index (χ0n) is 24.7. The highest BCUT2D eigenvalue weighted by Crippen LogP contribution is 2.49. The van der Waals surface area contributed by atoms with Crippen LogP contribution in [0.4, 0.5) is 0 Å². The second-order valence-corrected chi connectivity index (χ2v) is 12.7. The van der Waals surface area contributed by atoms with E-state index in [2.05, 4.69) is 52.3 Å². The van der Waals surface area contributed by atoms with Gasteiger partial charge in [-0.25, -0.2) is 0 Å². The van der Waals surface area contributed by atoms with Gasteiger partial charge in [0, 0.05) is 69.7 Å². The van der Waals surface area contributed by atoms with E-state index >= 15 is 0 Å². The number of nitrogens with zero attached hydrogens (tertiary/aromatic N) is 3. The van der Waals surface area contributed by atoms with Crippen LogP contribution in [0.5, 0.6) is 5.75 Å². The van der Waals surface area contributed by atoms with E-state index in [1.807, 2.05) is 11.0 Å². The number of hydrogen-bond donors (Lipinski definition) is 3. The molecule has 1 amide bonds. The van der Waals surface area contributed by atoms with Crippen molar-refractivity contribution in [1.29, 1.82) is 0 Å². The van der Waals surface area contributed by atoms with Crippen LogP contribution in [0, 0.1) is 5.92 Å². The van der Waals surface area contributed by atoms with Gasteiger partial charge in [-0.15, -0.1) is 0 Å². The molecule has 5 aliphatic rings. The molecule has 226 valence electrons. The minimum atomic E-state index is -0.282. The Balaban J connectivity index is 1.22. The molecule has 10 nitrogen and oxygen atoms in total. The highest BCUT2D eigenvalue weighted by Gasteiger charge is 2.52. The Kier molecular flexibility index (Phi) is 8.70. The van der Waals surface area contributed by atoms with Crippen LogP contribution in [-0.4, -0.2) is 110 Å². The predicted octanol–water partition coefficient (Wildman–Crippen LogP) is 1.63. The lowest BCUT2D eigenvalue weighted by Gasteiger charge is -2.56. The van der Waals surface area contributed by atoms with Crippen molar-refractivity contribution >= 4 is 5.91 Å². The Morgan fingerprint density at radius 1 is 1.20 bits per heavy atom. The minimum absolute atomic E-state index is 0.0275. The van der Waals surface area contributed by atoms with E-state index in [-0.39, 0.29) is 42.2 Å². The summed E-state index contributed by atoms with van der Waals surface area (Å²) in [6.45, 7) is 8.11. The summed E-state index contributed by atoms with van der Waals surface area (Å²) in [7, 11) is 3.99. The van der Waals surface area contributed by atoms with Gasteiger partial charge in [-0.2, -0.15) is 0 Å². The van der Waals surface area contributed by atoms with E-state index in [9.17, 15) is 4.79 Å². The summed E-state index contributed by atoms with van der Waals surface area (Å²) in [5, 5.41) is 7.69. The molecule has 4 fully saturated rings. The van der Waals surface area contributed by atoms with Crippen molar-refractivity contribution in [3.05, 3.63) is 42.5 Å². The van der Waals surface area contributed by atoms with Crippen molar-refractivity contribution < 1.29 is 19.0 Å². The average molecular weight is 569 g/mol. The topological polar surface area (TPSA) is 105 Å². The van der Waals surface area contributed by atoms with Crippen LogP contribution < -0.4 is 21.1 Å². The lowest BCUT2D eigenvalue weighted by molar-refractivity contribution is -0.142. The molecular weight excluding hydrogens is 520 g/mol. The quantitative estimate of drug-likeness (QED) is 0.424. The number of methoxy groups -OCH3 is 1. The Morgan fingerprint density at radius 2 is 2.05 bits per heavy atom. The summed E-state index contributed by atoms with van der Waals surface area (Å²) in [5.41, 5.74) is 7.04. The molecule has 0 bridgehead atoms. The number of nitrogens with two attached hydrogens (primary N) is 1. The van der Waals surface area contributed by atoms with E-state index in [0.29, 0.717) is 31.7 Å². The Labute approximate surface area is 244 Å². The first-order valence-electron chi connectivity index (χ1n) is 15.5. The number of amides is 1. The van der Waals surface area contributed by atoms with Crippen LogP contribution in [-0.2, 0) is 14.3 Å². The Hall–Kier alpha value is -2.05. The molecule has 4 N–H and O–H groups in total. The van der Waals surface area contributed by atoms with Crippen molar-refractivity contribution in [2.24, 2.45) is 11.7 Å². The number of hydrogen-bond acceptors (Lipinski definition) is 9. The summed E-state index contributed by atoms with van der Waals surface area (Å²) in [6.07, 6.45) is 7.41. The maximum Gasteiger partial charge on any atom is 0.246 e. The number of piperazine rings is 1. The minimum Gasteiger partial charge on any atom is -0.487 e. The van der Waals surface area contributed by atoms with Crippen LogP contribution in [0.15, 0.2) is 36.9 Å². The van der Waals surface area contributed by atoms with E-state index in [1.165, 1.54) is 18.9 Å². The van der Waals surface area contributed by atoms with Crippen LogP contribution in [0.1, 0.15) is 50.2 Å². The zero-order valence-corrected chi connectivity index (χ0v) is 24.7. The fourth-order valence-corrected chi connectivity index (χ4v) is 8.03. The highest BCUT2D eigenvalue weighted by molar-refractivity contribution is 5.87. The van der Waals surface area contributed by atoms with E-state index in [0.717, 1.165) is 56.6 Å². The van der Waals surface area contributed by atoms with Gasteiger partial charge in [-0.1, -0.05) is 24.8 Å². The van der Waals surface area contributed by atoms with Gasteiger partial charge in [-0.05, 0) is 51.4 Å². The van der Waals surface area contributed by atoms with Crippen molar-refractivity contribution in [2.75, 3.05) is 53.5 Å². The van der Waals surface area contributed by atoms with Gasteiger partial charge in [0.05, 0.1) is 24.9 Å². The molecule has 1 aromatic carbocycles. The summed E-state index contributed by atoms with van der Waals surface area (Å²) in [5.74, 6) is 1.28. The highest BCUT2D eigenvalue weighted by atomic mass is 16.5. The summed E-state index contributed by atoms with van der Waals surface area (Å²) < 4.78 is 19.4. The molecular formula is C31H48N6O4. The molecule has 10 heteroatoms. The summed E-state index contributed by atoms with van der Waals surface area (Å²) in [6, 6.07) is 8.93. The number of likely N-dealkylation sites (tertiary alicyclic amines) is 1. The summed E-state index contributed by atoms with van der Waals surface area (Å²) in [4.78, 5) is 19.3. The second-order valence-electron chi connectivity index (χ2n) is 12.7. The van der Waals surface area contributed by atoms with Crippen molar-refractivity contribution in [1.82, 2.24) is 25.3 Å². The largest absolute Gasteiger partial charge is 0.487 e. The van der Waals surface area contributed by atoms with Gasteiger partial charge in [-0.3, -0.25) is 20.3 Å².